The van der Waals surface area contributed by atoms with Crippen LogP contribution in [0, 0.1) is 5.82 Å². The van der Waals surface area contributed by atoms with E-state index in [2.05, 4.69) is 5.32 Å². The number of carbonyl (C=O) groups excluding carboxylic acids is 2. The monoisotopic (exact) mass is 343 g/mol. The highest BCUT2D eigenvalue weighted by molar-refractivity contribution is 6.30. The number of primary amides is 1. The summed E-state index contributed by atoms with van der Waals surface area (Å²) in [5.74, 6) is -1.86. The molecular weight excluding hydrogens is 325 g/mol. The van der Waals surface area contributed by atoms with Crippen LogP contribution in [0.2, 0.25) is 5.02 Å². The van der Waals surface area contributed by atoms with E-state index in [0.29, 0.717) is 18.0 Å². The summed E-state index contributed by atoms with van der Waals surface area (Å²) in [5, 5.41) is 13.0. The molecule has 2 amide bonds. The Labute approximate surface area is 138 Å². The number of amides is 2. The molecule has 126 valence electrons. The number of nitrogens with zero attached hydrogens (tertiary/aromatic N) is 1. The fourth-order valence-corrected chi connectivity index (χ4v) is 2.77. The SMILES string of the molecule is CC(C(=O)Nc1cc(Cl)ccc1F)N1CCCC(O)(C(N)=O)C1. The van der Waals surface area contributed by atoms with Gasteiger partial charge >= 0.3 is 0 Å². The molecule has 1 aliphatic rings. The van der Waals surface area contributed by atoms with Crippen LogP contribution >= 0.6 is 11.6 Å². The van der Waals surface area contributed by atoms with Gasteiger partial charge in [-0.3, -0.25) is 14.5 Å². The van der Waals surface area contributed by atoms with E-state index in [9.17, 15) is 19.1 Å². The van der Waals surface area contributed by atoms with Crippen molar-refractivity contribution in [1.82, 2.24) is 4.90 Å². The quantitative estimate of drug-likeness (QED) is 0.763. The summed E-state index contributed by atoms with van der Waals surface area (Å²) in [6.07, 6.45) is 0.790. The topological polar surface area (TPSA) is 95.7 Å². The third-order valence-electron chi connectivity index (χ3n) is 4.07. The molecule has 0 aromatic heterocycles. The number of benzene rings is 1. The van der Waals surface area contributed by atoms with E-state index >= 15 is 0 Å². The first kappa shape index (κ1) is 17.7. The van der Waals surface area contributed by atoms with Crippen molar-refractivity contribution in [2.75, 3.05) is 18.4 Å². The van der Waals surface area contributed by atoms with E-state index in [0.717, 1.165) is 6.07 Å². The molecular formula is C15H19ClFN3O3. The van der Waals surface area contributed by atoms with Crippen LogP contribution < -0.4 is 11.1 Å². The lowest BCUT2D eigenvalue weighted by molar-refractivity contribution is -0.144. The number of anilines is 1. The van der Waals surface area contributed by atoms with Crippen molar-refractivity contribution in [1.29, 1.82) is 0 Å². The number of rotatable bonds is 4. The van der Waals surface area contributed by atoms with Gasteiger partial charge in [-0.25, -0.2) is 4.39 Å². The van der Waals surface area contributed by atoms with E-state index in [1.165, 1.54) is 12.1 Å². The Morgan fingerprint density at radius 2 is 2.22 bits per heavy atom. The first-order valence-corrected chi connectivity index (χ1v) is 7.63. The second-order valence-electron chi connectivity index (χ2n) is 5.76. The first-order chi connectivity index (χ1) is 10.7. The van der Waals surface area contributed by atoms with Crippen molar-refractivity contribution in [3.63, 3.8) is 0 Å². The average Bonchev–Trinajstić information content (AvgIpc) is 2.50. The number of hydrogen-bond donors (Lipinski definition) is 3. The van der Waals surface area contributed by atoms with Gasteiger partial charge in [0.1, 0.15) is 5.82 Å². The van der Waals surface area contributed by atoms with Gasteiger partial charge in [0.2, 0.25) is 5.91 Å². The van der Waals surface area contributed by atoms with E-state index in [4.69, 9.17) is 17.3 Å². The molecule has 2 atom stereocenters. The molecule has 23 heavy (non-hydrogen) atoms. The summed E-state index contributed by atoms with van der Waals surface area (Å²) in [4.78, 5) is 25.3. The maximum absolute atomic E-state index is 13.7. The van der Waals surface area contributed by atoms with Crippen LogP contribution in [0.4, 0.5) is 10.1 Å². The highest BCUT2D eigenvalue weighted by Gasteiger charge is 2.41. The van der Waals surface area contributed by atoms with Gasteiger partial charge in [0.05, 0.1) is 11.7 Å². The normalized spacial score (nSPS) is 23.3. The van der Waals surface area contributed by atoms with Crippen LogP contribution in [0.25, 0.3) is 0 Å². The number of halogens is 2. The van der Waals surface area contributed by atoms with Gasteiger partial charge in [0.15, 0.2) is 5.60 Å². The Bertz CT molecular complexity index is 628. The van der Waals surface area contributed by atoms with Crippen molar-refractivity contribution in [2.24, 2.45) is 5.73 Å². The predicted molar refractivity (Wildman–Crippen MR) is 84.5 cm³/mol. The van der Waals surface area contributed by atoms with Gasteiger partial charge < -0.3 is 16.2 Å². The molecule has 2 rings (SSSR count). The fourth-order valence-electron chi connectivity index (χ4n) is 2.60. The number of nitrogens with two attached hydrogens (primary N) is 1. The molecule has 1 saturated heterocycles. The summed E-state index contributed by atoms with van der Waals surface area (Å²) in [5.41, 5.74) is 3.56. The maximum atomic E-state index is 13.7. The summed E-state index contributed by atoms with van der Waals surface area (Å²) in [6.45, 7) is 2.11. The number of carbonyl (C=O) groups is 2. The summed E-state index contributed by atoms with van der Waals surface area (Å²) in [6, 6.07) is 3.19. The summed E-state index contributed by atoms with van der Waals surface area (Å²) < 4.78 is 13.7. The highest BCUT2D eigenvalue weighted by Crippen LogP contribution is 2.24. The molecule has 4 N–H and O–H groups in total. The molecule has 6 nitrogen and oxygen atoms in total. The lowest BCUT2D eigenvalue weighted by atomic mass is 9.91. The van der Waals surface area contributed by atoms with Crippen LogP contribution in [-0.2, 0) is 9.59 Å². The standard InChI is InChI=1S/C15H19ClFN3O3/c1-9(20-6-2-5-15(23,8-20)14(18)22)13(21)19-12-7-10(16)3-4-11(12)17/h3-4,7,9,23H,2,5-6,8H2,1H3,(H2,18,22)(H,19,21). The third-order valence-corrected chi connectivity index (χ3v) is 4.31. The van der Waals surface area contributed by atoms with E-state index in [-0.39, 0.29) is 18.7 Å². The van der Waals surface area contributed by atoms with E-state index in [1.54, 1.807) is 11.8 Å². The fraction of sp³-hybridized carbons (Fsp3) is 0.467. The number of β-amino-alcohol motifs (C(OH)–C–C–N with tert-alkyl or cyclic N) is 1. The molecule has 0 saturated carbocycles. The lowest BCUT2D eigenvalue weighted by Crippen LogP contribution is -2.59. The van der Waals surface area contributed by atoms with Crippen molar-refractivity contribution >= 4 is 29.1 Å². The Hall–Kier alpha value is -1.70. The van der Waals surface area contributed by atoms with Crippen LogP contribution in [0.5, 0.6) is 0 Å². The van der Waals surface area contributed by atoms with Crippen molar-refractivity contribution < 1.29 is 19.1 Å². The predicted octanol–water partition coefficient (Wildman–Crippen LogP) is 1.12. The molecule has 0 aliphatic carbocycles. The number of nitrogens with one attached hydrogen (secondary N) is 1. The van der Waals surface area contributed by atoms with Crippen LogP contribution in [0.15, 0.2) is 18.2 Å². The van der Waals surface area contributed by atoms with Gasteiger partial charge in [-0.15, -0.1) is 0 Å². The minimum atomic E-state index is -1.64. The third kappa shape index (κ3) is 3.99. The molecule has 0 bridgehead atoms. The largest absolute Gasteiger partial charge is 0.379 e. The molecule has 1 aliphatic heterocycles. The molecule has 1 aromatic carbocycles. The number of piperidine rings is 1. The molecule has 1 fully saturated rings. The van der Waals surface area contributed by atoms with Gasteiger partial charge in [0.25, 0.3) is 5.91 Å². The lowest BCUT2D eigenvalue weighted by Gasteiger charge is -2.39. The Morgan fingerprint density at radius 3 is 2.87 bits per heavy atom. The molecule has 1 aromatic rings. The smallest absolute Gasteiger partial charge is 0.250 e. The highest BCUT2D eigenvalue weighted by atomic mass is 35.5. The van der Waals surface area contributed by atoms with Gasteiger partial charge in [0, 0.05) is 11.6 Å². The average molecular weight is 344 g/mol. The van der Waals surface area contributed by atoms with Crippen molar-refractivity contribution in [3.8, 4) is 0 Å². The number of aliphatic hydroxyl groups is 1. The van der Waals surface area contributed by atoms with Gasteiger partial charge in [-0.1, -0.05) is 11.6 Å². The minimum Gasteiger partial charge on any atom is -0.379 e. The minimum absolute atomic E-state index is 0.0171. The number of hydrogen-bond acceptors (Lipinski definition) is 4. The second-order valence-corrected chi connectivity index (χ2v) is 6.20. The zero-order valence-electron chi connectivity index (χ0n) is 12.7. The Morgan fingerprint density at radius 1 is 1.52 bits per heavy atom. The molecule has 8 heteroatoms. The summed E-state index contributed by atoms with van der Waals surface area (Å²) in [7, 11) is 0. The van der Waals surface area contributed by atoms with E-state index < -0.39 is 29.3 Å². The second kappa shape index (κ2) is 6.82. The van der Waals surface area contributed by atoms with Gasteiger partial charge in [-0.05, 0) is 44.5 Å². The molecule has 2 unspecified atom stereocenters. The van der Waals surface area contributed by atoms with Crippen molar-refractivity contribution in [2.45, 2.75) is 31.4 Å². The molecule has 1 heterocycles. The first-order valence-electron chi connectivity index (χ1n) is 7.25. The zero-order chi connectivity index (χ0) is 17.2. The van der Waals surface area contributed by atoms with E-state index in [1.807, 2.05) is 0 Å². The number of likely N-dealkylation sites (tertiary alicyclic amines) is 1. The van der Waals surface area contributed by atoms with Crippen LogP contribution in [0.3, 0.4) is 0 Å². The Kier molecular flexibility index (Phi) is 5.23. The van der Waals surface area contributed by atoms with Crippen molar-refractivity contribution in [3.05, 3.63) is 29.0 Å². The zero-order valence-corrected chi connectivity index (χ0v) is 13.4. The summed E-state index contributed by atoms with van der Waals surface area (Å²) >= 11 is 5.79. The van der Waals surface area contributed by atoms with Crippen LogP contribution in [-0.4, -0.2) is 46.6 Å². The maximum Gasteiger partial charge on any atom is 0.250 e. The molecule has 0 spiro atoms. The van der Waals surface area contributed by atoms with Crippen LogP contribution in [0.1, 0.15) is 19.8 Å². The molecule has 0 radical (unpaired) electrons. The van der Waals surface area contributed by atoms with Gasteiger partial charge in [-0.2, -0.15) is 0 Å². The Balaban J connectivity index is 2.07.